The minimum atomic E-state index is -0.163. The zero-order valence-corrected chi connectivity index (χ0v) is 8.98. The van der Waals surface area contributed by atoms with Crippen molar-refractivity contribution in [3.8, 4) is 0 Å². The Kier molecular flexibility index (Phi) is 3.08. The summed E-state index contributed by atoms with van der Waals surface area (Å²) in [5.74, 6) is 0.988. The molecule has 2 unspecified atom stereocenters. The molecule has 2 rings (SSSR count). The normalized spacial score (nSPS) is 26.7. The second-order valence-corrected chi connectivity index (χ2v) is 4.67. The van der Waals surface area contributed by atoms with E-state index in [1.807, 2.05) is 23.9 Å². The molecule has 1 heterocycles. The van der Waals surface area contributed by atoms with Crippen molar-refractivity contribution >= 4 is 11.8 Å². The summed E-state index contributed by atoms with van der Waals surface area (Å²) in [6.45, 7) is 2.19. The van der Waals surface area contributed by atoms with Crippen LogP contribution in [0.5, 0.6) is 0 Å². The number of benzene rings is 1. The van der Waals surface area contributed by atoms with Gasteiger partial charge >= 0.3 is 0 Å². The average molecular weight is 211 g/mol. The number of halogens is 1. The van der Waals surface area contributed by atoms with E-state index < -0.39 is 0 Å². The molecule has 0 aliphatic carbocycles. The zero-order valence-electron chi connectivity index (χ0n) is 8.16. The van der Waals surface area contributed by atoms with E-state index in [4.69, 9.17) is 0 Å². The maximum Gasteiger partial charge on any atom is 0.123 e. The standard InChI is InChI=1S/C11H14FNS/c1-2-10-7-14-11(13-10)8-3-5-9(12)6-4-8/h3-6,10-11,13H,2,7H2,1H3. The Hall–Kier alpha value is -0.540. The first-order valence-corrected chi connectivity index (χ1v) is 5.97. The Morgan fingerprint density at radius 2 is 2.14 bits per heavy atom. The zero-order chi connectivity index (χ0) is 9.97. The van der Waals surface area contributed by atoms with Crippen LogP contribution in [-0.4, -0.2) is 11.8 Å². The Bertz CT molecular complexity index is 299. The van der Waals surface area contributed by atoms with Crippen molar-refractivity contribution in [1.29, 1.82) is 0 Å². The lowest BCUT2D eigenvalue weighted by Crippen LogP contribution is -2.24. The fraction of sp³-hybridized carbons (Fsp3) is 0.455. The molecule has 2 atom stereocenters. The van der Waals surface area contributed by atoms with Gasteiger partial charge in [-0.25, -0.2) is 4.39 Å². The summed E-state index contributed by atoms with van der Waals surface area (Å²) in [4.78, 5) is 0. The van der Waals surface area contributed by atoms with Crippen molar-refractivity contribution in [2.24, 2.45) is 0 Å². The third kappa shape index (κ3) is 2.10. The lowest BCUT2D eigenvalue weighted by Gasteiger charge is -2.11. The van der Waals surface area contributed by atoms with E-state index in [0.29, 0.717) is 11.4 Å². The fourth-order valence-corrected chi connectivity index (χ4v) is 2.98. The molecule has 1 aliphatic rings. The number of nitrogens with one attached hydrogen (secondary N) is 1. The van der Waals surface area contributed by atoms with Gasteiger partial charge in [0.25, 0.3) is 0 Å². The maximum absolute atomic E-state index is 12.7. The molecule has 1 fully saturated rings. The summed E-state index contributed by atoms with van der Waals surface area (Å²) in [5.41, 5.74) is 1.17. The van der Waals surface area contributed by atoms with Gasteiger partial charge in [0.2, 0.25) is 0 Å². The van der Waals surface area contributed by atoms with Crippen LogP contribution >= 0.6 is 11.8 Å². The minimum Gasteiger partial charge on any atom is -0.298 e. The van der Waals surface area contributed by atoms with Crippen molar-refractivity contribution in [3.05, 3.63) is 35.6 Å². The summed E-state index contributed by atoms with van der Waals surface area (Å²) >= 11 is 1.90. The average Bonchev–Trinajstić information content (AvgIpc) is 2.67. The van der Waals surface area contributed by atoms with Crippen LogP contribution in [0, 0.1) is 5.82 Å². The SMILES string of the molecule is CCC1CSC(c2ccc(F)cc2)N1. The predicted octanol–water partition coefficient (Wildman–Crippen LogP) is 2.94. The molecule has 1 nitrogen and oxygen atoms in total. The molecule has 3 heteroatoms. The topological polar surface area (TPSA) is 12.0 Å². The molecule has 0 amide bonds. The molecule has 0 aromatic heterocycles. The van der Waals surface area contributed by atoms with Gasteiger partial charge in [0.15, 0.2) is 0 Å². The highest BCUT2D eigenvalue weighted by Crippen LogP contribution is 2.33. The summed E-state index contributed by atoms with van der Waals surface area (Å²) in [5, 5.41) is 3.86. The van der Waals surface area contributed by atoms with Crippen LogP contribution in [0.1, 0.15) is 24.3 Å². The monoisotopic (exact) mass is 211 g/mol. The largest absolute Gasteiger partial charge is 0.298 e. The molecule has 1 aliphatic heterocycles. The third-order valence-electron chi connectivity index (χ3n) is 2.52. The van der Waals surface area contributed by atoms with E-state index in [9.17, 15) is 4.39 Å². The molecule has 14 heavy (non-hydrogen) atoms. The van der Waals surface area contributed by atoms with Crippen molar-refractivity contribution in [2.45, 2.75) is 24.8 Å². The van der Waals surface area contributed by atoms with Gasteiger partial charge in [-0.1, -0.05) is 19.1 Å². The molecule has 1 aromatic rings. The molecule has 0 spiro atoms. The third-order valence-corrected chi connectivity index (χ3v) is 3.85. The molecule has 1 aromatic carbocycles. The van der Waals surface area contributed by atoms with E-state index in [2.05, 4.69) is 12.2 Å². The first-order chi connectivity index (χ1) is 6.79. The van der Waals surface area contributed by atoms with E-state index in [1.165, 1.54) is 17.7 Å². The van der Waals surface area contributed by atoms with E-state index in [0.717, 1.165) is 12.2 Å². The van der Waals surface area contributed by atoms with Crippen LogP contribution in [0.15, 0.2) is 24.3 Å². The highest BCUT2D eigenvalue weighted by Gasteiger charge is 2.23. The predicted molar refractivity (Wildman–Crippen MR) is 58.8 cm³/mol. The van der Waals surface area contributed by atoms with Crippen molar-refractivity contribution in [2.75, 3.05) is 5.75 Å². The Labute approximate surface area is 88.1 Å². The number of hydrogen-bond donors (Lipinski definition) is 1. The second-order valence-electron chi connectivity index (χ2n) is 3.54. The van der Waals surface area contributed by atoms with Crippen LogP contribution in [0.25, 0.3) is 0 Å². The number of hydrogen-bond acceptors (Lipinski definition) is 2. The van der Waals surface area contributed by atoms with Crippen molar-refractivity contribution in [1.82, 2.24) is 5.32 Å². The van der Waals surface area contributed by atoms with E-state index in [-0.39, 0.29) is 5.82 Å². The van der Waals surface area contributed by atoms with Gasteiger partial charge in [-0.15, -0.1) is 11.8 Å². The summed E-state index contributed by atoms with van der Waals surface area (Å²) in [6, 6.07) is 7.37. The smallest absolute Gasteiger partial charge is 0.123 e. The van der Waals surface area contributed by atoms with Crippen LogP contribution in [0.4, 0.5) is 4.39 Å². The molecular weight excluding hydrogens is 197 g/mol. The summed E-state index contributed by atoms with van der Waals surface area (Å²) in [6.07, 6.45) is 1.16. The van der Waals surface area contributed by atoms with Crippen LogP contribution in [-0.2, 0) is 0 Å². The van der Waals surface area contributed by atoms with Crippen LogP contribution in [0.3, 0.4) is 0 Å². The Balaban J connectivity index is 2.06. The summed E-state index contributed by atoms with van der Waals surface area (Å²) < 4.78 is 12.7. The van der Waals surface area contributed by atoms with Gasteiger partial charge < -0.3 is 0 Å². The van der Waals surface area contributed by atoms with Gasteiger partial charge in [0, 0.05) is 11.8 Å². The summed E-state index contributed by atoms with van der Waals surface area (Å²) in [7, 11) is 0. The van der Waals surface area contributed by atoms with Crippen LogP contribution in [0.2, 0.25) is 0 Å². The Morgan fingerprint density at radius 1 is 1.43 bits per heavy atom. The molecule has 0 radical (unpaired) electrons. The molecule has 1 saturated heterocycles. The number of thioether (sulfide) groups is 1. The highest BCUT2D eigenvalue weighted by atomic mass is 32.2. The van der Waals surface area contributed by atoms with Gasteiger partial charge in [-0.2, -0.15) is 0 Å². The van der Waals surface area contributed by atoms with Gasteiger partial charge in [-0.05, 0) is 24.1 Å². The van der Waals surface area contributed by atoms with E-state index in [1.54, 1.807) is 0 Å². The lowest BCUT2D eigenvalue weighted by molar-refractivity contribution is 0.560. The van der Waals surface area contributed by atoms with Crippen LogP contribution < -0.4 is 5.32 Å². The lowest BCUT2D eigenvalue weighted by atomic mass is 10.2. The van der Waals surface area contributed by atoms with Crippen molar-refractivity contribution in [3.63, 3.8) is 0 Å². The molecule has 0 saturated carbocycles. The number of rotatable bonds is 2. The van der Waals surface area contributed by atoms with E-state index >= 15 is 0 Å². The van der Waals surface area contributed by atoms with Gasteiger partial charge in [0.05, 0.1) is 5.37 Å². The van der Waals surface area contributed by atoms with Gasteiger partial charge in [-0.3, -0.25) is 5.32 Å². The molecular formula is C11H14FNS. The Morgan fingerprint density at radius 3 is 2.71 bits per heavy atom. The van der Waals surface area contributed by atoms with Crippen molar-refractivity contribution < 1.29 is 4.39 Å². The first kappa shape index (κ1) is 9.99. The molecule has 1 N–H and O–H groups in total. The maximum atomic E-state index is 12.7. The first-order valence-electron chi connectivity index (χ1n) is 4.92. The fourth-order valence-electron chi connectivity index (χ4n) is 1.59. The quantitative estimate of drug-likeness (QED) is 0.807. The highest BCUT2D eigenvalue weighted by molar-refractivity contribution is 7.99. The second kappa shape index (κ2) is 4.32. The molecule has 76 valence electrons. The molecule has 0 bridgehead atoms. The van der Waals surface area contributed by atoms with Gasteiger partial charge in [0.1, 0.15) is 5.82 Å². The minimum absolute atomic E-state index is 0.163.